The summed E-state index contributed by atoms with van der Waals surface area (Å²) in [6.45, 7) is 15.4. The van der Waals surface area contributed by atoms with E-state index in [0.29, 0.717) is 5.92 Å². The van der Waals surface area contributed by atoms with E-state index in [1.807, 2.05) is 13.0 Å². The van der Waals surface area contributed by atoms with Crippen molar-refractivity contribution in [2.24, 2.45) is 5.92 Å². The van der Waals surface area contributed by atoms with Crippen LogP contribution in [0.2, 0.25) is 0 Å². The lowest BCUT2D eigenvalue weighted by Gasteiger charge is -2.19. The lowest BCUT2D eigenvalue weighted by Crippen LogP contribution is -2.05. The fourth-order valence-electron chi connectivity index (χ4n) is 1.89. The van der Waals surface area contributed by atoms with Crippen LogP contribution in [0.25, 0.3) is 0 Å². The van der Waals surface area contributed by atoms with Crippen LogP contribution < -0.4 is 0 Å². The van der Waals surface area contributed by atoms with Crippen molar-refractivity contribution >= 4 is 0 Å². The van der Waals surface area contributed by atoms with E-state index in [4.69, 9.17) is 0 Å². The molecule has 0 aromatic rings. The molecule has 1 unspecified atom stereocenters. The lowest BCUT2D eigenvalue weighted by molar-refractivity contribution is 0.629. The van der Waals surface area contributed by atoms with Crippen LogP contribution in [-0.4, -0.2) is 0 Å². The summed E-state index contributed by atoms with van der Waals surface area (Å²) in [6, 6.07) is 0. The van der Waals surface area contributed by atoms with E-state index in [0.717, 1.165) is 12.0 Å². The van der Waals surface area contributed by atoms with Gasteiger partial charge in [0.15, 0.2) is 0 Å². The molecule has 0 heterocycles. The predicted molar refractivity (Wildman–Crippen MR) is 98.0 cm³/mol. The molecule has 20 heavy (non-hydrogen) atoms. The molecule has 0 saturated carbocycles. The van der Waals surface area contributed by atoms with Crippen molar-refractivity contribution in [2.75, 3.05) is 0 Å². The monoisotopic (exact) mass is 274 g/mol. The first-order chi connectivity index (χ1) is 8.71. The van der Waals surface area contributed by atoms with Crippen LogP contribution in [0.4, 0.5) is 0 Å². The minimum Gasteiger partial charge on any atom is -0.103 e. The second-order valence-electron chi connectivity index (χ2n) is 4.29. The summed E-state index contributed by atoms with van der Waals surface area (Å²) < 4.78 is 0. The molecule has 0 saturated heterocycles. The van der Waals surface area contributed by atoms with Crippen LogP contribution in [0, 0.1) is 5.92 Å². The van der Waals surface area contributed by atoms with Gasteiger partial charge in [0.25, 0.3) is 0 Å². The van der Waals surface area contributed by atoms with E-state index < -0.39 is 0 Å². The molecule has 114 valence electrons. The quantitative estimate of drug-likeness (QED) is 0.372. The van der Waals surface area contributed by atoms with Crippen molar-refractivity contribution < 1.29 is 0 Å². The van der Waals surface area contributed by atoms with E-state index >= 15 is 0 Å². The fraction of sp³-hybridized carbons (Fsp3) is 0.400. The summed E-state index contributed by atoms with van der Waals surface area (Å²) in [5, 5.41) is 0. The van der Waals surface area contributed by atoms with Gasteiger partial charge in [-0.2, -0.15) is 0 Å². The highest BCUT2D eigenvalue weighted by Gasteiger charge is 2.13. The molecular formula is C20H34. The number of allylic oxidation sites excluding steroid dienone is 9. The average Bonchev–Trinajstić information content (AvgIpc) is 2.65. The molecule has 1 atom stereocenters. The van der Waals surface area contributed by atoms with Crippen LogP contribution in [0.3, 0.4) is 0 Å². The molecule has 0 aromatic heterocycles. The standard InChI is InChI=1S/C15H20.C3H6.2CH4/c1-4-10-15(13(3)5-2)14-11-8-6-7-9-12-14;1-3-2;;/h5-9,11,15H,2-4,10,12H2,1H3;3H,1H2,2H3;2*1H4. The van der Waals surface area contributed by atoms with Gasteiger partial charge in [-0.05, 0) is 25.3 Å². The molecule has 0 aromatic carbocycles. The van der Waals surface area contributed by atoms with Gasteiger partial charge in [-0.3, -0.25) is 0 Å². The first-order valence-electron chi connectivity index (χ1n) is 6.61. The highest BCUT2D eigenvalue weighted by molar-refractivity contribution is 5.32. The first-order valence-corrected chi connectivity index (χ1v) is 6.61. The summed E-state index contributed by atoms with van der Waals surface area (Å²) >= 11 is 0. The minimum atomic E-state index is 0. The van der Waals surface area contributed by atoms with Crippen LogP contribution in [0.5, 0.6) is 0 Å². The van der Waals surface area contributed by atoms with Crippen molar-refractivity contribution in [1.29, 1.82) is 0 Å². The average molecular weight is 274 g/mol. The largest absolute Gasteiger partial charge is 0.103 e. The predicted octanol–water partition coefficient (Wildman–Crippen LogP) is 7.05. The molecule has 0 bridgehead atoms. The number of rotatable bonds is 5. The van der Waals surface area contributed by atoms with E-state index in [1.165, 1.54) is 18.4 Å². The maximum Gasteiger partial charge on any atom is 0.00482 e. The minimum absolute atomic E-state index is 0. The van der Waals surface area contributed by atoms with Gasteiger partial charge in [-0.25, -0.2) is 0 Å². The van der Waals surface area contributed by atoms with Crippen molar-refractivity contribution in [3.05, 3.63) is 73.4 Å². The molecule has 0 amide bonds. The highest BCUT2D eigenvalue weighted by Crippen LogP contribution is 2.28. The zero-order valence-corrected chi connectivity index (χ0v) is 11.9. The van der Waals surface area contributed by atoms with Gasteiger partial charge in [0.05, 0.1) is 0 Å². The topological polar surface area (TPSA) is 0 Å². The molecule has 0 spiro atoms. The Bertz CT molecular complexity index is 350. The SMILES string of the molecule is C.C.C=CC.C=CC(=C)C(CCC)C1=CC=CC=CC1. The van der Waals surface area contributed by atoms with E-state index in [1.54, 1.807) is 6.08 Å². The van der Waals surface area contributed by atoms with E-state index in [2.05, 4.69) is 57.0 Å². The lowest BCUT2D eigenvalue weighted by atomic mass is 9.86. The third-order valence-electron chi connectivity index (χ3n) is 2.76. The normalized spacial score (nSPS) is 13.2. The van der Waals surface area contributed by atoms with Gasteiger partial charge in [0.2, 0.25) is 0 Å². The third-order valence-corrected chi connectivity index (χ3v) is 2.76. The summed E-state index contributed by atoms with van der Waals surface area (Å²) in [5.41, 5.74) is 2.60. The summed E-state index contributed by atoms with van der Waals surface area (Å²) in [4.78, 5) is 0. The Morgan fingerprint density at radius 2 is 1.85 bits per heavy atom. The van der Waals surface area contributed by atoms with Crippen LogP contribution >= 0.6 is 0 Å². The van der Waals surface area contributed by atoms with Gasteiger partial charge in [0, 0.05) is 5.92 Å². The summed E-state index contributed by atoms with van der Waals surface area (Å²) in [7, 11) is 0. The number of hydrogen-bond donors (Lipinski definition) is 0. The molecule has 1 rings (SSSR count). The number of hydrogen-bond acceptors (Lipinski definition) is 0. The maximum absolute atomic E-state index is 4.09. The molecule has 0 radical (unpaired) electrons. The van der Waals surface area contributed by atoms with Gasteiger partial charge in [-0.1, -0.05) is 89.5 Å². The maximum atomic E-state index is 4.09. The molecular weight excluding hydrogens is 240 g/mol. The molecule has 0 nitrogen and oxygen atoms in total. The van der Waals surface area contributed by atoms with Crippen LogP contribution in [-0.2, 0) is 0 Å². The van der Waals surface area contributed by atoms with Gasteiger partial charge in [-0.15, -0.1) is 6.58 Å². The Balaban J connectivity index is -0.000000530. The Kier molecular flexibility index (Phi) is 18.2. The molecule has 0 N–H and O–H groups in total. The van der Waals surface area contributed by atoms with E-state index in [9.17, 15) is 0 Å². The van der Waals surface area contributed by atoms with Crippen LogP contribution in [0.15, 0.2) is 73.4 Å². The molecule has 0 heteroatoms. The summed E-state index contributed by atoms with van der Waals surface area (Å²) in [6.07, 6.45) is 17.7. The van der Waals surface area contributed by atoms with Crippen LogP contribution in [0.1, 0.15) is 48.0 Å². The van der Waals surface area contributed by atoms with Crippen molar-refractivity contribution in [1.82, 2.24) is 0 Å². The van der Waals surface area contributed by atoms with Gasteiger partial charge >= 0.3 is 0 Å². The van der Waals surface area contributed by atoms with Crippen molar-refractivity contribution in [2.45, 2.75) is 48.0 Å². The second-order valence-corrected chi connectivity index (χ2v) is 4.29. The zero-order valence-electron chi connectivity index (χ0n) is 11.9. The first kappa shape index (κ1) is 23.5. The van der Waals surface area contributed by atoms with Gasteiger partial charge in [0.1, 0.15) is 0 Å². The molecule has 1 aliphatic rings. The van der Waals surface area contributed by atoms with Crippen molar-refractivity contribution in [3.8, 4) is 0 Å². The third kappa shape index (κ3) is 9.38. The Morgan fingerprint density at radius 1 is 1.25 bits per heavy atom. The highest BCUT2D eigenvalue weighted by atomic mass is 14.2. The Morgan fingerprint density at radius 3 is 2.35 bits per heavy atom. The van der Waals surface area contributed by atoms with E-state index in [-0.39, 0.29) is 14.9 Å². The second kappa shape index (κ2) is 15.5. The summed E-state index contributed by atoms with van der Waals surface area (Å²) in [5.74, 6) is 0.472. The smallest absolute Gasteiger partial charge is 0.00482 e. The Hall–Kier alpha value is -1.56. The van der Waals surface area contributed by atoms with Crippen molar-refractivity contribution in [3.63, 3.8) is 0 Å². The van der Waals surface area contributed by atoms with Gasteiger partial charge < -0.3 is 0 Å². The molecule has 1 aliphatic carbocycles. The molecule has 0 aliphatic heterocycles. The zero-order chi connectivity index (χ0) is 13.8. The molecule has 0 fully saturated rings. The fourth-order valence-corrected chi connectivity index (χ4v) is 1.89. The Labute approximate surface area is 128 Å².